The van der Waals surface area contributed by atoms with Gasteiger partial charge in [0.25, 0.3) is 11.6 Å². The minimum absolute atomic E-state index is 0.0354. The molecule has 0 aliphatic carbocycles. The number of thiocarbonyl (C=S) groups is 1. The number of para-hydroxylation sites is 1. The van der Waals surface area contributed by atoms with E-state index in [9.17, 15) is 14.9 Å². The van der Waals surface area contributed by atoms with E-state index in [2.05, 4.69) is 15.6 Å². The quantitative estimate of drug-likeness (QED) is 0.190. The van der Waals surface area contributed by atoms with Crippen LogP contribution in [0.1, 0.15) is 10.4 Å². The van der Waals surface area contributed by atoms with Crippen molar-refractivity contribution in [3.05, 3.63) is 81.4 Å². The third kappa shape index (κ3) is 5.54. The maximum Gasteiger partial charge on any atom is 0.270 e. The summed E-state index contributed by atoms with van der Waals surface area (Å²) in [6.07, 6.45) is 0. The van der Waals surface area contributed by atoms with Gasteiger partial charge in [-0.2, -0.15) is 0 Å². The minimum atomic E-state index is -0.556. The number of carbonyl (C=O) groups excluding carboxylic acids is 1. The minimum Gasteiger partial charge on any atom is -0.378 e. The number of hydrogen-bond acceptors (Lipinski definition) is 8. The second-order valence-electron chi connectivity index (χ2n) is 8.15. The molecule has 1 aromatic heterocycles. The van der Waals surface area contributed by atoms with Crippen molar-refractivity contribution in [2.45, 2.75) is 0 Å². The molecule has 1 fully saturated rings. The average Bonchev–Trinajstić information content (AvgIpc) is 3.32. The van der Waals surface area contributed by atoms with Gasteiger partial charge in [0.15, 0.2) is 5.11 Å². The number of thiazole rings is 1. The van der Waals surface area contributed by atoms with E-state index < -0.39 is 10.8 Å². The summed E-state index contributed by atoms with van der Waals surface area (Å²) >= 11 is 13.4. The van der Waals surface area contributed by atoms with Crippen LogP contribution in [0.2, 0.25) is 5.02 Å². The van der Waals surface area contributed by atoms with E-state index in [1.807, 2.05) is 35.2 Å². The number of aromatic nitrogens is 1. The van der Waals surface area contributed by atoms with Gasteiger partial charge >= 0.3 is 0 Å². The van der Waals surface area contributed by atoms with Crippen molar-refractivity contribution in [3.8, 4) is 10.6 Å². The summed E-state index contributed by atoms with van der Waals surface area (Å²) < 4.78 is 6.45. The first-order valence-corrected chi connectivity index (χ1v) is 12.9. The summed E-state index contributed by atoms with van der Waals surface area (Å²) in [6.45, 7) is 2.15. The van der Waals surface area contributed by atoms with Gasteiger partial charge in [0.05, 0.1) is 44.6 Å². The molecule has 0 bridgehead atoms. The zero-order valence-electron chi connectivity index (χ0n) is 19.3. The SMILES string of the molecule is O=C(NC(=S)Nc1ccc(-c2nc3ccccc3s2)c(Cl)c1)c1cc([N+](=O)[O-])ccc1N1CCOCC1. The summed E-state index contributed by atoms with van der Waals surface area (Å²) in [5.74, 6) is -0.556. The molecule has 1 amide bonds. The van der Waals surface area contributed by atoms with Crippen LogP contribution in [-0.2, 0) is 4.74 Å². The number of ether oxygens (including phenoxy) is 1. The molecule has 1 aliphatic rings. The number of fused-ring (bicyclic) bond motifs is 1. The van der Waals surface area contributed by atoms with Gasteiger partial charge in [-0.25, -0.2) is 4.98 Å². The van der Waals surface area contributed by atoms with E-state index in [0.717, 1.165) is 20.8 Å². The Kier molecular flexibility index (Phi) is 7.28. The van der Waals surface area contributed by atoms with Crippen molar-refractivity contribution >= 4 is 73.5 Å². The summed E-state index contributed by atoms with van der Waals surface area (Å²) in [5, 5.41) is 18.2. The van der Waals surface area contributed by atoms with Crippen molar-refractivity contribution < 1.29 is 14.5 Å². The molecule has 5 rings (SSSR count). The van der Waals surface area contributed by atoms with Gasteiger partial charge < -0.3 is 15.0 Å². The van der Waals surface area contributed by atoms with Gasteiger partial charge in [-0.05, 0) is 48.6 Å². The molecule has 0 unspecified atom stereocenters. The van der Waals surface area contributed by atoms with Gasteiger partial charge in [-0.1, -0.05) is 23.7 Å². The molecule has 0 atom stereocenters. The Morgan fingerprint density at radius 2 is 1.92 bits per heavy atom. The first kappa shape index (κ1) is 25.0. The van der Waals surface area contributed by atoms with E-state index in [4.69, 9.17) is 28.6 Å². The van der Waals surface area contributed by atoms with E-state index in [1.54, 1.807) is 29.5 Å². The van der Waals surface area contributed by atoms with Crippen LogP contribution in [0.3, 0.4) is 0 Å². The number of nitro groups is 1. The Morgan fingerprint density at radius 3 is 2.65 bits per heavy atom. The largest absolute Gasteiger partial charge is 0.378 e. The number of benzene rings is 3. The van der Waals surface area contributed by atoms with E-state index in [1.165, 1.54) is 12.1 Å². The molecule has 37 heavy (non-hydrogen) atoms. The number of morpholine rings is 1. The molecule has 9 nitrogen and oxygen atoms in total. The number of anilines is 2. The lowest BCUT2D eigenvalue weighted by molar-refractivity contribution is -0.384. The molecular formula is C25H20ClN5O4S2. The third-order valence-electron chi connectivity index (χ3n) is 5.77. The topological polar surface area (TPSA) is 110 Å². The number of hydrogen-bond donors (Lipinski definition) is 2. The van der Waals surface area contributed by atoms with Crippen molar-refractivity contribution in [3.63, 3.8) is 0 Å². The molecule has 2 heterocycles. The Balaban J connectivity index is 1.32. The number of nitrogens with one attached hydrogen (secondary N) is 2. The highest BCUT2D eigenvalue weighted by atomic mass is 35.5. The Labute approximate surface area is 226 Å². The van der Waals surface area contributed by atoms with Crippen LogP contribution in [0.25, 0.3) is 20.8 Å². The second kappa shape index (κ2) is 10.8. The molecule has 3 aromatic carbocycles. The average molecular weight is 554 g/mol. The standard InChI is InChI=1S/C25H20ClN5O4S2/c26-19-13-15(5-7-17(19)24-28-20-3-1-2-4-22(20)37-24)27-25(36)29-23(32)18-14-16(31(33)34)6-8-21(18)30-9-11-35-12-10-30/h1-8,13-14H,9-12H2,(H2,27,29,32,36). The molecule has 12 heteroatoms. The van der Waals surface area contributed by atoms with Crippen LogP contribution in [0.15, 0.2) is 60.7 Å². The lowest BCUT2D eigenvalue weighted by atomic mass is 10.1. The van der Waals surface area contributed by atoms with Gasteiger partial charge in [-0.15, -0.1) is 11.3 Å². The number of non-ortho nitro benzene ring substituents is 1. The zero-order chi connectivity index (χ0) is 25.9. The van der Waals surface area contributed by atoms with Crippen LogP contribution in [0.4, 0.5) is 17.1 Å². The van der Waals surface area contributed by atoms with Crippen molar-refractivity contribution in [1.82, 2.24) is 10.3 Å². The smallest absolute Gasteiger partial charge is 0.270 e. The van der Waals surface area contributed by atoms with Gasteiger partial charge in [0, 0.05) is 36.5 Å². The number of nitrogens with zero attached hydrogens (tertiary/aromatic N) is 3. The highest BCUT2D eigenvalue weighted by Crippen LogP contribution is 2.35. The van der Waals surface area contributed by atoms with Crippen molar-refractivity contribution in [2.24, 2.45) is 0 Å². The van der Waals surface area contributed by atoms with Crippen LogP contribution in [0.5, 0.6) is 0 Å². The van der Waals surface area contributed by atoms with E-state index >= 15 is 0 Å². The highest BCUT2D eigenvalue weighted by Gasteiger charge is 2.23. The first-order valence-electron chi connectivity index (χ1n) is 11.3. The molecule has 4 aromatic rings. The van der Waals surface area contributed by atoms with Crippen molar-refractivity contribution in [2.75, 3.05) is 36.5 Å². The Hall–Kier alpha value is -3.64. The van der Waals surface area contributed by atoms with Gasteiger partial charge in [-0.3, -0.25) is 20.2 Å². The summed E-state index contributed by atoms with van der Waals surface area (Å²) in [5.41, 5.74) is 2.82. The molecule has 2 N–H and O–H groups in total. The van der Waals surface area contributed by atoms with Crippen LogP contribution in [-0.4, -0.2) is 47.2 Å². The third-order valence-corrected chi connectivity index (χ3v) is 7.35. The van der Waals surface area contributed by atoms with Gasteiger partial charge in [0.1, 0.15) is 5.01 Å². The molecule has 0 radical (unpaired) electrons. The number of amides is 1. The molecule has 1 saturated heterocycles. The molecule has 0 spiro atoms. The highest BCUT2D eigenvalue weighted by molar-refractivity contribution is 7.80. The normalized spacial score (nSPS) is 13.4. The fourth-order valence-electron chi connectivity index (χ4n) is 3.99. The lowest BCUT2D eigenvalue weighted by Gasteiger charge is -2.30. The van der Waals surface area contributed by atoms with Gasteiger partial charge in [0.2, 0.25) is 0 Å². The lowest BCUT2D eigenvalue weighted by Crippen LogP contribution is -2.39. The fraction of sp³-hybridized carbons (Fsp3) is 0.160. The summed E-state index contributed by atoms with van der Waals surface area (Å²) in [6, 6.07) is 17.4. The summed E-state index contributed by atoms with van der Waals surface area (Å²) in [4.78, 5) is 30.5. The number of carbonyl (C=O) groups is 1. The summed E-state index contributed by atoms with van der Waals surface area (Å²) in [7, 11) is 0. The van der Waals surface area contributed by atoms with E-state index in [0.29, 0.717) is 42.7 Å². The first-order chi connectivity index (χ1) is 17.9. The molecule has 188 valence electrons. The monoisotopic (exact) mass is 553 g/mol. The van der Waals surface area contributed by atoms with E-state index in [-0.39, 0.29) is 16.4 Å². The zero-order valence-corrected chi connectivity index (χ0v) is 21.7. The van der Waals surface area contributed by atoms with Crippen LogP contribution >= 0.6 is 35.2 Å². The maximum atomic E-state index is 13.1. The Morgan fingerprint density at radius 1 is 1.14 bits per heavy atom. The van der Waals surface area contributed by atoms with Crippen LogP contribution < -0.4 is 15.5 Å². The number of nitro benzene ring substituents is 1. The second-order valence-corrected chi connectivity index (χ2v) is 9.99. The molecule has 0 saturated carbocycles. The predicted octanol–water partition coefficient (Wildman–Crippen LogP) is 5.49. The Bertz CT molecular complexity index is 1490. The van der Waals surface area contributed by atoms with Crippen LogP contribution in [0, 0.1) is 10.1 Å². The molecular weight excluding hydrogens is 534 g/mol. The fourth-order valence-corrected chi connectivity index (χ4v) is 5.53. The molecule has 1 aliphatic heterocycles. The van der Waals surface area contributed by atoms with Crippen molar-refractivity contribution in [1.29, 1.82) is 0 Å². The predicted molar refractivity (Wildman–Crippen MR) is 150 cm³/mol. The maximum absolute atomic E-state index is 13.1. The number of rotatable bonds is 5. The number of halogens is 1.